The molecule has 0 unspecified atom stereocenters. The quantitative estimate of drug-likeness (QED) is 0.797. The van der Waals surface area contributed by atoms with E-state index < -0.39 is 10.0 Å². The predicted molar refractivity (Wildman–Crippen MR) is 100 cm³/mol. The molecule has 1 N–H and O–H groups in total. The van der Waals surface area contributed by atoms with E-state index in [9.17, 15) is 13.2 Å². The minimum absolute atomic E-state index is 0.275. The number of anilines is 2. The molecule has 0 aliphatic heterocycles. The summed E-state index contributed by atoms with van der Waals surface area (Å²) in [6, 6.07) is 14.1. The summed E-state index contributed by atoms with van der Waals surface area (Å²) in [4.78, 5) is 13.5. The Balaban J connectivity index is 2.25. The fourth-order valence-electron chi connectivity index (χ4n) is 2.08. The summed E-state index contributed by atoms with van der Waals surface area (Å²) in [6.07, 6.45) is 1.12. The van der Waals surface area contributed by atoms with Crippen LogP contribution in [0.25, 0.3) is 0 Å². The Morgan fingerprint density at radius 2 is 1.88 bits per heavy atom. The molecule has 2 aromatic rings. The highest BCUT2D eigenvalue weighted by Crippen LogP contribution is 2.27. The lowest BCUT2D eigenvalue weighted by Crippen LogP contribution is -2.25. The normalized spacial score (nSPS) is 11.1. The molecule has 1 amide bonds. The third-order valence-corrected chi connectivity index (χ3v) is 5.57. The molecule has 7 heteroatoms. The Kier molecular flexibility index (Phi) is 5.90. The van der Waals surface area contributed by atoms with Crippen molar-refractivity contribution >= 4 is 39.1 Å². The smallest absolute Gasteiger partial charge is 0.255 e. The minimum Gasteiger partial charge on any atom is -0.321 e. The Morgan fingerprint density at radius 3 is 2.54 bits per heavy atom. The number of carbonyl (C=O) groups is 1. The van der Waals surface area contributed by atoms with Crippen molar-refractivity contribution in [1.82, 2.24) is 0 Å². The molecular formula is C17H20N2O3S2. The number of carbonyl (C=O) groups excluding carboxylic acids is 1. The van der Waals surface area contributed by atoms with Gasteiger partial charge in [-0.2, -0.15) is 0 Å². The van der Waals surface area contributed by atoms with Gasteiger partial charge >= 0.3 is 0 Å². The molecule has 2 rings (SSSR count). The number of para-hydroxylation sites is 1. The maximum Gasteiger partial charge on any atom is 0.255 e. The Hall–Kier alpha value is -1.99. The van der Waals surface area contributed by atoms with Gasteiger partial charge in [0, 0.05) is 17.5 Å². The molecule has 0 heterocycles. The van der Waals surface area contributed by atoms with Gasteiger partial charge < -0.3 is 5.32 Å². The lowest BCUT2D eigenvalue weighted by atomic mass is 10.2. The van der Waals surface area contributed by atoms with Gasteiger partial charge in [-0.3, -0.25) is 9.10 Å². The minimum atomic E-state index is -3.37. The molecule has 5 nitrogen and oxygen atoms in total. The van der Waals surface area contributed by atoms with E-state index in [1.807, 2.05) is 31.2 Å². The van der Waals surface area contributed by atoms with E-state index in [0.717, 1.165) is 26.9 Å². The molecule has 0 aliphatic carbocycles. The van der Waals surface area contributed by atoms with Gasteiger partial charge in [-0.05, 0) is 36.1 Å². The second-order valence-corrected chi connectivity index (χ2v) is 8.48. The third-order valence-electron chi connectivity index (χ3n) is 3.40. The summed E-state index contributed by atoms with van der Waals surface area (Å²) in [5, 5.41) is 2.89. The number of amides is 1. The van der Waals surface area contributed by atoms with E-state index >= 15 is 0 Å². The molecule has 0 aromatic heterocycles. The van der Waals surface area contributed by atoms with Gasteiger partial charge in [0.25, 0.3) is 5.91 Å². The first-order chi connectivity index (χ1) is 11.3. The molecular weight excluding hydrogens is 344 g/mol. The number of rotatable bonds is 6. The number of hydrogen-bond donors (Lipinski definition) is 1. The Morgan fingerprint density at radius 1 is 1.17 bits per heavy atom. The number of sulfonamides is 1. The largest absolute Gasteiger partial charge is 0.321 e. The monoisotopic (exact) mass is 364 g/mol. The van der Waals surface area contributed by atoms with Crippen molar-refractivity contribution in [3.63, 3.8) is 0 Å². The van der Waals surface area contributed by atoms with E-state index in [2.05, 4.69) is 5.32 Å². The van der Waals surface area contributed by atoms with E-state index in [-0.39, 0.29) is 5.91 Å². The maximum absolute atomic E-state index is 12.5. The van der Waals surface area contributed by atoms with Gasteiger partial charge in [0.1, 0.15) is 0 Å². The van der Waals surface area contributed by atoms with Crippen LogP contribution in [0.15, 0.2) is 53.4 Å². The lowest BCUT2D eigenvalue weighted by molar-refractivity contribution is 0.102. The highest BCUT2D eigenvalue weighted by molar-refractivity contribution is 7.99. The van der Waals surface area contributed by atoms with Crippen LogP contribution < -0.4 is 9.62 Å². The first-order valence-electron chi connectivity index (χ1n) is 7.40. The summed E-state index contributed by atoms with van der Waals surface area (Å²) in [5.41, 5.74) is 1.59. The molecule has 0 fully saturated rings. The van der Waals surface area contributed by atoms with Crippen LogP contribution in [0.5, 0.6) is 0 Å². The van der Waals surface area contributed by atoms with Crippen molar-refractivity contribution in [3.05, 3.63) is 54.1 Å². The first kappa shape index (κ1) is 18.4. The summed E-state index contributed by atoms with van der Waals surface area (Å²) >= 11 is 1.65. The van der Waals surface area contributed by atoms with E-state index in [1.54, 1.807) is 36.0 Å². The van der Waals surface area contributed by atoms with Crippen LogP contribution in [0.3, 0.4) is 0 Å². The lowest BCUT2D eigenvalue weighted by Gasteiger charge is -2.17. The van der Waals surface area contributed by atoms with Crippen LogP contribution in [0.1, 0.15) is 17.3 Å². The van der Waals surface area contributed by atoms with Crippen molar-refractivity contribution in [2.45, 2.75) is 11.8 Å². The summed E-state index contributed by atoms with van der Waals surface area (Å²) < 4.78 is 24.4. The van der Waals surface area contributed by atoms with Gasteiger partial charge in [-0.1, -0.05) is 25.1 Å². The molecule has 2 aromatic carbocycles. The molecule has 128 valence electrons. The number of benzene rings is 2. The van der Waals surface area contributed by atoms with Crippen molar-refractivity contribution in [1.29, 1.82) is 0 Å². The van der Waals surface area contributed by atoms with Crippen molar-refractivity contribution in [3.8, 4) is 0 Å². The predicted octanol–water partition coefficient (Wildman–Crippen LogP) is 3.45. The highest BCUT2D eigenvalue weighted by Gasteiger charge is 2.15. The van der Waals surface area contributed by atoms with E-state index in [1.165, 1.54) is 7.05 Å². The first-order valence-corrected chi connectivity index (χ1v) is 10.2. The van der Waals surface area contributed by atoms with Gasteiger partial charge in [-0.25, -0.2) is 8.42 Å². The molecule has 24 heavy (non-hydrogen) atoms. The van der Waals surface area contributed by atoms with Crippen LogP contribution >= 0.6 is 11.8 Å². The van der Waals surface area contributed by atoms with Crippen LogP contribution in [0, 0.1) is 0 Å². The number of hydrogen-bond acceptors (Lipinski definition) is 4. The Bertz CT molecular complexity index is 835. The zero-order valence-electron chi connectivity index (χ0n) is 13.8. The fraction of sp³-hybridized carbons (Fsp3) is 0.235. The molecule has 0 radical (unpaired) electrons. The van der Waals surface area contributed by atoms with Crippen LogP contribution in [-0.4, -0.2) is 33.4 Å². The molecule has 0 saturated carbocycles. The van der Waals surface area contributed by atoms with Crippen molar-refractivity contribution in [2.24, 2.45) is 0 Å². The zero-order chi connectivity index (χ0) is 17.7. The van der Waals surface area contributed by atoms with Gasteiger partial charge in [0.15, 0.2) is 0 Å². The average molecular weight is 364 g/mol. The summed E-state index contributed by atoms with van der Waals surface area (Å²) in [5.74, 6) is 0.629. The summed E-state index contributed by atoms with van der Waals surface area (Å²) in [6.45, 7) is 2.05. The van der Waals surface area contributed by atoms with Crippen molar-refractivity contribution in [2.75, 3.05) is 28.7 Å². The van der Waals surface area contributed by atoms with Crippen LogP contribution in [0.4, 0.5) is 11.4 Å². The second-order valence-electron chi connectivity index (χ2n) is 5.16. The van der Waals surface area contributed by atoms with Crippen LogP contribution in [0.2, 0.25) is 0 Å². The standard InChI is InChI=1S/C17H20N2O3S2/c1-4-23-16-11-6-5-10-15(16)18-17(20)13-8-7-9-14(12-13)19(2)24(3,21)22/h5-12H,4H2,1-3H3,(H,18,20). The van der Waals surface area contributed by atoms with E-state index in [4.69, 9.17) is 0 Å². The third kappa shape index (κ3) is 4.52. The van der Waals surface area contributed by atoms with E-state index in [0.29, 0.717) is 11.3 Å². The average Bonchev–Trinajstić information content (AvgIpc) is 2.55. The summed E-state index contributed by atoms with van der Waals surface area (Å²) in [7, 11) is -1.92. The molecule has 0 atom stereocenters. The number of nitrogens with one attached hydrogen (secondary N) is 1. The highest BCUT2D eigenvalue weighted by atomic mass is 32.2. The molecule has 0 spiro atoms. The van der Waals surface area contributed by atoms with Gasteiger partial charge in [0.2, 0.25) is 10.0 Å². The molecule has 0 saturated heterocycles. The molecule has 0 bridgehead atoms. The second kappa shape index (κ2) is 7.72. The SMILES string of the molecule is CCSc1ccccc1NC(=O)c1cccc(N(C)S(C)(=O)=O)c1. The number of thioether (sulfide) groups is 1. The topological polar surface area (TPSA) is 66.5 Å². The Labute approximate surface area is 147 Å². The van der Waals surface area contributed by atoms with Crippen LogP contribution in [-0.2, 0) is 10.0 Å². The van der Waals surface area contributed by atoms with Gasteiger partial charge in [0.05, 0.1) is 17.6 Å². The van der Waals surface area contributed by atoms with Crippen molar-refractivity contribution < 1.29 is 13.2 Å². The molecule has 0 aliphatic rings. The zero-order valence-corrected chi connectivity index (χ0v) is 15.4. The maximum atomic E-state index is 12.5. The van der Waals surface area contributed by atoms with Gasteiger partial charge in [-0.15, -0.1) is 11.8 Å². The number of nitrogens with zero attached hydrogens (tertiary/aromatic N) is 1. The fourth-order valence-corrected chi connectivity index (χ4v) is 3.34.